The van der Waals surface area contributed by atoms with Gasteiger partial charge < -0.3 is 0 Å². The zero-order valence-corrected chi connectivity index (χ0v) is 8.25. The lowest BCUT2D eigenvalue weighted by molar-refractivity contribution is -0.131. The molecule has 2 amide bonds. The molecule has 4 heteroatoms. The van der Waals surface area contributed by atoms with Gasteiger partial charge in [-0.2, -0.15) is 0 Å². The van der Waals surface area contributed by atoms with Crippen LogP contribution in [0.2, 0.25) is 0 Å². The number of hydrogen-bond donors (Lipinski definition) is 0. The van der Waals surface area contributed by atoms with Crippen molar-refractivity contribution in [2.24, 2.45) is 5.92 Å². The van der Waals surface area contributed by atoms with Crippen LogP contribution in [0.5, 0.6) is 0 Å². The Balaban J connectivity index is 2.56. The molecule has 1 rings (SSSR count). The van der Waals surface area contributed by atoms with E-state index in [1.807, 2.05) is 12.2 Å². The van der Waals surface area contributed by atoms with E-state index in [9.17, 15) is 9.59 Å². The summed E-state index contributed by atoms with van der Waals surface area (Å²) in [6, 6.07) is 0. The van der Waals surface area contributed by atoms with Crippen molar-refractivity contribution >= 4 is 22.9 Å². The van der Waals surface area contributed by atoms with Crippen molar-refractivity contribution in [2.45, 2.75) is 19.3 Å². The summed E-state index contributed by atoms with van der Waals surface area (Å²) in [5, 5.41) is -0.709. The topological polar surface area (TPSA) is 37.4 Å². The first kappa shape index (κ1) is 10.3. The Morgan fingerprint density at radius 1 is 1.46 bits per heavy atom. The average Bonchev–Trinajstić information content (AvgIpc) is 2.17. The lowest BCUT2D eigenvalue weighted by Gasteiger charge is -2.20. The van der Waals surface area contributed by atoms with Crippen molar-refractivity contribution in [3.05, 3.63) is 12.2 Å². The Labute approximate surface area is 82.3 Å². The summed E-state index contributed by atoms with van der Waals surface area (Å²) < 4.78 is 0. The zero-order chi connectivity index (χ0) is 9.84. The monoisotopic (exact) mass is 201 g/mol. The van der Waals surface area contributed by atoms with Crippen molar-refractivity contribution in [3.63, 3.8) is 0 Å². The van der Waals surface area contributed by atoms with Crippen LogP contribution in [0, 0.1) is 5.92 Å². The number of nitrogens with zero attached hydrogens (tertiary/aromatic N) is 1. The summed E-state index contributed by atoms with van der Waals surface area (Å²) in [4.78, 5) is 23.2. The molecule has 3 nitrogen and oxygen atoms in total. The first-order valence-electron chi connectivity index (χ1n) is 4.25. The molecule has 1 atom stereocenters. The number of halogens is 1. The maximum Gasteiger partial charge on any atom is 0.322 e. The molecule has 0 heterocycles. The molecule has 0 aliphatic heterocycles. The van der Waals surface area contributed by atoms with E-state index in [-0.39, 0.29) is 11.8 Å². The molecular weight excluding hydrogens is 190 g/mol. The van der Waals surface area contributed by atoms with Gasteiger partial charge in [-0.25, -0.2) is 0 Å². The van der Waals surface area contributed by atoms with Crippen LogP contribution in [0.4, 0.5) is 4.79 Å². The van der Waals surface area contributed by atoms with Crippen molar-refractivity contribution in [3.8, 4) is 0 Å². The quantitative estimate of drug-likeness (QED) is 0.370. The molecule has 1 unspecified atom stereocenters. The van der Waals surface area contributed by atoms with Gasteiger partial charge in [-0.1, -0.05) is 12.2 Å². The number of rotatable bonds is 1. The Morgan fingerprint density at radius 2 is 2.15 bits per heavy atom. The van der Waals surface area contributed by atoms with E-state index in [2.05, 4.69) is 0 Å². The van der Waals surface area contributed by atoms with Crippen molar-refractivity contribution in [1.82, 2.24) is 4.90 Å². The lowest BCUT2D eigenvalue weighted by Crippen LogP contribution is -2.34. The van der Waals surface area contributed by atoms with Crippen LogP contribution in [0.1, 0.15) is 19.3 Å². The van der Waals surface area contributed by atoms with Crippen LogP contribution in [0.25, 0.3) is 0 Å². The minimum Gasteiger partial charge on any atom is -0.274 e. The third-order valence-electron chi connectivity index (χ3n) is 2.21. The minimum atomic E-state index is -0.709. The van der Waals surface area contributed by atoms with Gasteiger partial charge in [0.15, 0.2) is 0 Å². The minimum absolute atomic E-state index is 0.0716. The second kappa shape index (κ2) is 4.42. The molecule has 1 aliphatic carbocycles. The molecule has 0 fully saturated rings. The van der Waals surface area contributed by atoms with Gasteiger partial charge in [0.25, 0.3) is 0 Å². The smallest absolute Gasteiger partial charge is 0.274 e. The van der Waals surface area contributed by atoms with Crippen LogP contribution >= 0.6 is 11.6 Å². The van der Waals surface area contributed by atoms with Gasteiger partial charge in [-0.05, 0) is 30.9 Å². The van der Waals surface area contributed by atoms with E-state index in [1.165, 1.54) is 7.05 Å². The lowest BCUT2D eigenvalue weighted by atomic mass is 9.93. The highest BCUT2D eigenvalue weighted by Crippen LogP contribution is 2.20. The third kappa shape index (κ3) is 2.56. The van der Waals surface area contributed by atoms with E-state index < -0.39 is 5.37 Å². The van der Waals surface area contributed by atoms with E-state index in [0.29, 0.717) is 6.42 Å². The maximum atomic E-state index is 11.5. The molecule has 0 aromatic heterocycles. The third-order valence-corrected chi connectivity index (χ3v) is 2.47. The molecule has 0 saturated carbocycles. The highest BCUT2D eigenvalue weighted by atomic mass is 35.5. The Hall–Kier alpha value is -0.830. The number of amides is 2. The number of imide groups is 1. The molecular formula is C9H12ClNO2. The van der Waals surface area contributed by atoms with Crippen molar-refractivity contribution < 1.29 is 9.59 Å². The molecule has 0 aromatic rings. The van der Waals surface area contributed by atoms with Gasteiger partial charge >= 0.3 is 5.37 Å². The summed E-state index contributed by atoms with van der Waals surface area (Å²) in [7, 11) is 1.41. The largest absolute Gasteiger partial charge is 0.322 e. The normalized spacial score (nSPS) is 21.2. The highest BCUT2D eigenvalue weighted by molar-refractivity contribution is 6.64. The van der Waals surface area contributed by atoms with Crippen LogP contribution in [0.15, 0.2) is 12.2 Å². The molecule has 0 N–H and O–H groups in total. The molecule has 0 bridgehead atoms. The second-order valence-corrected chi connectivity index (χ2v) is 3.45. The van der Waals surface area contributed by atoms with Gasteiger partial charge in [-0.15, -0.1) is 0 Å². The standard InChI is InChI=1S/C9H12ClNO2/c1-11(9(10)13)8(12)7-5-3-2-4-6-7/h2-3,7H,4-6H2,1H3. The van der Waals surface area contributed by atoms with Crippen LogP contribution in [-0.2, 0) is 4.79 Å². The van der Waals surface area contributed by atoms with Gasteiger partial charge in [0.1, 0.15) is 0 Å². The Bertz CT molecular complexity index is 250. The van der Waals surface area contributed by atoms with Gasteiger partial charge in [-0.3, -0.25) is 14.5 Å². The number of hydrogen-bond acceptors (Lipinski definition) is 2. The first-order valence-corrected chi connectivity index (χ1v) is 4.62. The second-order valence-electron chi connectivity index (χ2n) is 3.13. The fourth-order valence-corrected chi connectivity index (χ4v) is 1.46. The van der Waals surface area contributed by atoms with Gasteiger partial charge in [0.2, 0.25) is 5.91 Å². The summed E-state index contributed by atoms with van der Waals surface area (Å²) in [5.74, 6) is -0.248. The molecule has 13 heavy (non-hydrogen) atoms. The molecule has 0 aromatic carbocycles. The van der Waals surface area contributed by atoms with Crippen LogP contribution in [-0.4, -0.2) is 23.2 Å². The molecule has 0 saturated heterocycles. The van der Waals surface area contributed by atoms with Crippen molar-refractivity contribution in [1.29, 1.82) is 0 Å². The highest BCUT2D eigenvalue weighted by Gasteiger charge is 2.24. The maximum absolute atomic E-state index is 11.5. The summed E-state index contributed by atoms with van der Waals surface area (Å²) in [6.07, 6.45) is 6.45. The van der Waals surface area contributed by atoms with Gasteiger partial charge in [0, 0.05) is 13.0 Å². The SMILES string of the molecule is CN(C(=O)Cl)C(=O)C1CC=CCC1. The van der Waals surface area contributed by atoms with E-state index in [4.69, 9.17) is 11.6 Å². The number of allylic oxidation sites excluding steroid dienone is 2. The fourth-order valence-electron chi connectivity index (χ4n) is 1.38. The molecule has 1 aliphatic rings. The number of carbonyl (C=O) groups excluding carboxylic acids is 2. The number of carbonyl (C=O) groups is 2. The molecule has 72 valence electrons. The Kier molecular flexibility index (Phi) is 3.48. The predicted molar refractivity (Wildman–Crippen MR) is 50.5 cm³/mol. The Morgan fingerprint density at radius 3 is 2.62 bits per heavy atom. The van der Waals surface area contributed by atoms with E-state index in [1.54, 1.807) is 0 Å². The summed E-state index contributed by atoms with van der Waals surface area (Å²) in [5.41, 5.74) is 0. The summed E-state index contributed by atoms with van der Waals surface area (Å²) in [6.45, 7) is 0. The first-order chi connectivity index (χ1) is 6.13. The molecule has 0 spiro atoms. The van der Waals surface area contributed by atoms with Gasteiger partial charge in [0.05, 0.1) is 0 Å². The van der Waals surface area contributed by atoms with E-state index >= 15 is 0 Å². The molecule has 0 radical (unpaired) electrons. The zero-order valence-electron chi connectivity index (χ0n) is 7.50. The fraction of sp³-hybridized carbons (Fsp3) is 0.556. The van der Waals surface area contributed by atoms with Crippen LogP contribution in [0.3, 0.4) is 0 Å². The average molecular weight is 202 g/mol. The van der Waals surface area contributed by atoms with E-state index in [0.717, 1.165) is 17.7 Å². The predicted octanol–water partition coefficient (Wildman–Crippen LogP) is 2.16. The summed E-state index contributed by atoms with van der Waals surface area (Å²) >= 11 is 5.19. The van der Waals surface area contributed by atoms with Crippen LogP contribution < -0.4 is 0 Å². The van der Waals surface area contributed by atoms with Crippen molar-refractivity contribution in [2.75, 3.05) is 7.05 Å².